The van der Waals surface area contributed by atoms with Crippen LogP contribution in [0.2, 0.25) is 0 Å². The van der Waals surface area contributed by atoms with Crippen molar-refractivity contribution in [2.75, 3.05) is 37.9 Å². The summed E-state index contributed by atoms with van der Waals surface area (Å²) in [5, 5.41) is 5.63. The van der Waals surface area contributed by atoms with Crippen LogP contribution in [-0.4, -0.2) is 44.0 Å². The monoisotopic (exact) mass is 324 g/mol. The van der Waals surface area contributed by atoms with Crippen molar-refractivity contribution in [3.63, 3.8) is 0 Å². The molecule has 2 N–H and O–H groups in total. The lowest BCUT2D eigenvalue weighted by atomic mass is 10.1. The highest BCUT2D eigenvalue weighted by molar-refractivity contribution is 6.03. The molecule has 0 aromatic heterocycles. The first kappa shape index (κ1) is 15.9. The second kappa shape index (κ2) is 7.04. The smallest absolute Gasteiger partial charge is 0.323 e. The van der Waals surface area contributed by atoms with E-state index in [-0.39, 0.29) is 6.03 Å². The van der Waals surface area contributed by atoms with Crippen LogP contribution in [0.25, 0.3) is 0 Å². The van der Waals surface area contributed by atoms with Gasteiger partial charge < -0.3 is 20.3 Å². The summed E-state index contributed by atoms with van der Waals surface area (Å²) in [5.41, 5.74) is 2.32. The number of nitrogens with one attached hydrogen (secondary N) is 2. The summed E-state index contributed by atoms with van der Waals surface area (Å²) >= 11 is 0. The Labute approximate surface area is 141 Å². The molecular weight excluding hydrogens is 304 g/mol. The molecule has 1 heterocycles. The maximum absolute atomic E-state index is 12.2. The number of rotatable bonds is 4. The van der Waals surface area contributed by atoms with Gasteiger partial charge in [-0.3, -0.25) is 4.99 Å². The molecule has 2 aromatic carbocycles. The summed E-state index contributed by atoms with van der Waals surface area (Å²) in [4.78, 5) is 18.8. The quantitative estimate of drug-likeness (QED) is 0.908. The van der Waals surface area contributed by atoms with E-state index >= 15 is 0 Å². The molecule has 1 aliphatic heterocycles. The van der Waals surface area contributed by atoms with E-state index in [4.69, 9.17) is 4.74 Å². The number of hydrogen-bond acceptors (Lipinski definition) is 4. The number of amides is 2. The molecule has 2 amide bonds. The Balaban J connectivity index is 1.71. The number of amidine groups is 1. The van der Waals surface area contributed by atoms with Crippen molar-refractivity contribution < 1.29 is 9.53 Å². The number of para-hydroxylation sites is 2. The van der Waals surface area contributed by atoms with E-state index in [0.717, 1.165) is 24.5 Å². The Morgan fingerprint density at radius 1 is 1.17 bits per heavy atom. The number of likely N-dealkylation sites (N-methyl/N-ethyl adjacent to an activating group) is 1. The average Bonchev–Trinajstić information content (AvgIpc) is 3.01. The molecule has 1 aliphatic rings. The van der Waals surface area contributed by atoms with Gasteiger partial charge in [-0.15, -0.1) is 0 Å². The molecule has 0 radical (unpaired) electrons. The highest BCUT2D eigenvalue weighted by Crippen LogP contribution is 2.23. The maximum Gasteiger partial charge on any atom is 0.323 e. The zero-order valence-electron chi connectivity index (χ0n) is 13.7. The van der Waals surface area contributed by atoms with Crippen molar-refractivity contribution in [1.29, 1.82) is 0 Å². The molecular formula is C18H20N4O2. The maximum atomic E-state index is 12.2. The first-order chi connectivity index (χ1) is 11.7. The van der Waals surface area contributed by atoms with Gasteiger partial charge in [0.2, 0.25) is 0 Å². The third kappa shape index (κ3) is 3.48. The molecule has 0 aliphatic carbocycles. The molecule has 0 unspecified atom stereocenters. The van der Waals surface area contributed by atoms with Crippen LogP contribution in [0.3, 0.4) is 0 Å². The first-order valence-electron chi connectivity index (χ1n) is 7.74. The van der Waals surface area contributed by atoms with Crippen molar-refractivity contribution in [3.8, 4) is 5.75 Å². The molecule has 6 nitrogen and oxygen atoms in total. The fourth-order valence-electron chi connectivity index (χ4n) is 2.61. The summed E-state index contributed by atoms with van der Waals surface area (Å²) < 4.78 is 5.23. The fourth-order valence-corrected chi connectivity index (χ4v) is 2.61. The van der Waals surface area contributed by atoms with Crippen LogP contribution in [0.5, 0.6) is 5.75 Å². The molecule has 0 spiro atoms. The molecule has 3 rings (SSSR count). The molecule has 0 fully saturated rings. The standard InChI is InChI=1S/C18H20N4O2/c1-22-11-10-19-17(22)13-6-5-7-14(12-13)20-18(23)21-15-8-3-4-9-16(15)24-2/h3-9,12H,10-11H2,1-2H3,(H2,20,21,23). The second-order valence-corrected chi connectivity index (χ2v) is 5.49. The fraction of sp³-hybridized carbons (Fsp3) is 0.222. The van der Waals surface area contributed by atoms with Gasteiger partial charge in [0.25, 0.3) is 0 Å². The topological polar surface area (TPSA) is 66.0 Å². The van der Waals surface area contributed by atoms with Gasteiger partial charge in [-0.2, -0.15) is 0 Å². The van der Waals surface area contributed by atoms with Crippen molar-refractivity contribution in [1.82, 2.24) is 4.90 Å². The first-order valence-corrected chi connectivity index (χ1v) is 7.74. The van der Waals surface area contributed by atoms with Gasteiger partial charge >= 0.3 is 6.03 Å². The summed E-state index contributed by atoms with van der Waals surface area (Å²) in [7, 11) is 3.58. The van der Waals surface area contributed by atoms with Crippen molar-refractivity contribution in [3.05, 3.63) is 54.1 Å². The third-order valence-corrected chi connectivity index (χ3v) is 3.79. The van der Waals surface area contributed by atoms with Crippen LogP contribution in [0, 0.1) is 0 Å². The van der Waals surface area contributed by atoms with E-state index < -0.39 is 0 Å². The van der Waals surface area contributed by atoms with Gasteiger partial charge in [-0.1, -0.05) is 24.3 Å². The number of carbonyl (C=O) groups is 1. The van der Waals surface area contributed by atoms with Crippen LogP contribution in [0.15, 0.2) is 53.5 Å². The Kier molecular flexibility index (Phi) is 4.65. The molecule has 24 heavy (non-hydrogen) atoms. The van der Waals surface area contributed by atoms with Crippen molar-refractivity contribution >= 4 is 23.2 Å². The third-order valence-electron chi connectivity index (χ3n) is 3.79. The summed E-state index contributed by atoms with van der Waals surface area (Å²) in [6.45, 7) is 1.72. The largest absolute Gasteiger partial charge is 0.495 e. The van der Waals surface area contributed by atoms with Gasteiger partial charge in [0.1, 0.15) is 11.6 Å². The lowest BCUT2D eigenvalue weighted by Gasteiger charge is -2.15. The highest BCUT2D eigenvalue weighted by atomic mass is 16.5. The number of hydrogen-bond donors (Lipinski definition) is 2. The Morgan fingerprint density at radius 2 is 2.00 bits per heavy atom. The molecule has 0 saturated carbocycles. The molecule has 0 bridgehead atoms. The lowest BCUT2D eigenvalue weighted by molar-refractivity contribution is 0.262. The van der Waals surface area contributed by atoms with Gasteiger partial charge in [-0.05, 0) is 24.3 Å². The molecule has 2 aromatic rings. The SMILES string of the molecule is COc1ccccc1NC(=O)Nc1cccc(C2=NCCN2C)c1. The Hall–Kier alpha value is -3.02. The minimum atomic E-state index is -0.321. The summed E-state index contributed by atoms with van der Waals surface area (Å²) in [6, 6.07) is 14.6. The Bertz CT molecular complexity index is 773. The molecule has 6 heteroatoms. The van der Waals surface area contributed by atoms with Crippen molar-refractivity contribution in [2.24, 2.45) is 4.99 Å². The molecule has 0 atom stereocenters. The van der Waals surface area contributed by atoms with Crippen LogP contribution >= 0.6 is 0 Å². The van der Waals surface area contributed by atoms with Crippen LogP contribution in [0.4, 0.5) is 16.2 Å². The van der Waals surface area contributed by atoms with E-state index in [1.54, 1.807) is 19.2 Å². The van der Waals surface area contributed by atoms with Gasteiger partial charge in [0.05, 0.1) is 19.3 Å². The number of benzene rings is 2. The number of nitrogens with zero attached hydrogens (tertiary/aromatic N) is 2. The number of urea groups is 1. The molecule has 0 saturated heterocycles. The van der Waals surface area contributed by atoms with Gasteiger partial charge in [0, 0.05) is 24.8 Å². The predicted molar refractivity (Wildman–Crippen MR) is 96.1 cm³/mol. The predicted octanol–water partition coefficient (Wildman–Crippen LogP) is 3.03. The second-order valence-electron chi connectivity index (χ2n) is 5.49. The van der Waals surface area contributed by atoms with E-state index in [0.29, 0.717) is 17.1 Å². The minimum absolute atomic E-state index is 0.321. The Morgan fingerprint density at radius 3 is 2.75 bits per heavy atom. The van der Waals surface area contributed by atoms with Crippen LogP contribution in [-0.2, 0) is 0 Å². The lowest BCUT2D eigenvalue weighted by Crippen LogP contribution is -2.24. The van der Waals surface area contributed by atoms with Crippen LogP contribution in [0.1, 0.15) is 5.56 Å². The van der Waals surface area contributed by atoms with E-state index in [2.05, 4.69) is 20.5 Å². The number of anilines is 2. The minimum Gasteiger partial charge on any atom is -0.495 e. The number of ether oxygens (including phenoxy) is 1. The van der Waals surface area contributed by atoms with Crippen LogP contribution < -0.4 is 15.4 Å². The normalized spacial score (nSPS) is 13.4. The van der Waals surface area contributed by atoms with E-state index in [1.165, 1.54) is 0 Å². The van der Waals surface area contributed by atoms with Gasteiger partial charge in [0.15, 0.2) is 0 Å². The van der Waals surface area contributed by atoms with E-state index in [9.17, 15) is 4.79 Å². The number of methoxy groups -OCH3 is 1. The summed E-state index contributed by atoms with van der Waals surface area (Å²) in [6.07, 6.45) is 0. The summed E-state index contributed by atoms with van der Waals surface area (Å²) in [5.74, 6) is 1.56. The van der Waals surface area contributed by atoms with E-state index in [1.807, 2.05) is 43.4 Å². The molecule has 124 valence electrons. The average molecular weight is 324 g/mol. The number of aliphatic imine (C=N–C) groups is 1. The van der Waals surface area contributed by atoms with Gasteiger partial charge in [-0.25, -0.2) is 4.79 Å². The van der Waals surface area contributed by atoms with Crippen molar-refractivity contribution in [2.45, 2.75) is 0 Å². The zero-order valence-corrected chi connectivity index (χ0v) is 13.7. The zero-order chi connectivity index (χ0) is 16.9. The number of carbonyl (C=O) groups excluding carboxylic acids is 1. The highest BCUT2D eigenvalue weighted by Gasteiger charge is 2.15.